The van der Waals surface area contributed by atoms with E-state index in [0.717, 1.165) is 16.5 Å². The minimum absolute atomic E-state index is 0.0916. The summed E-state index contributed by atoms with van der Waals surface area (Å²) in [6, 6.07) is 3.70. The Morgan fingerprint density at radius 2 is 1.91 bits per heavy atom. The van der Waals surface area contributed by atoms with Crippen molar-refractivity contribution < 1.29 is 13.6 Å². The van der Waals surface area contributed by atoms with Crippen molar-refractivity contribution in [2.45, 2.75) is 39.0 Å². The summed E-state index contributed by atoms with van der Waals surface area (Å²) in [5, 5.41) is 10.5. The van der Waals surface area contributed by atoms with Gasteiger partial charge in [0.1, 0.15) is 17.0 Å². The number of hydrogen-bond acceptors (Lipinski definition) is 5. The number of hydrogen-bond donors (Lipinski definition) is 3. The fraction of sp³-hybridized carbons (Fsp3) is 0.364. The van der Waals surface area contributed by atoms with Crippen molar-refractivity contribution in [2.24, 2.45) is 0 Å². The molecule has 8 nitrogen and oxygen atoms in total. The SMILES string of the molecule is CC(C)(F)CNC(=O)c1cnn2ccc(-c3c[nH]c4nc(NCC(C)(C)F)ncc34)cc12. The van der Waals surface area contributed by atoms with Gasteiger partial charge < -0.3 is 15.6 Å². The first-order valence-electron chi connectivity index (χ1n) is 10.2. The molecule has 0 spiro atoms. The number of rotatable bonds is 7. The topological polar surface area (TPSA) is 100 Å². The minimum Gasteiger partial charge on any atom is -0.351 e. The number of nitrogens with one attached hydrogen (secondary N) is 3. The summed E-state index contributed by atoms with van der Waals surface area (Å²) in [7, 11) is 0. The van der Waals surface area contributed by atoms with Crippen LogP contribution in [0.15, 0.2) is 36.9 Å². The summed E-state index contributed by atoms with van der Waals surface area (Å²) in [6.07, 6.45) is 6.68. The predicted molar refractivity (Wildman–Crippen MR) is 119 cm³/mol. The van der Waals surface area contributed by atoms with Crippen molar-refractivity contribution in [2.75, 3.05) is 18.4 Å². The van der Waals surface area contributed by atoms with E-state index in [1.54, 1.807) is 23.1 Å². The van der Waals surface area contributed by atoms with Crippen molar-refractivity contribution in [1.29, 1.82) is 0 Å². The molecule has 32 heavy (non-hydrogen) atoms. The van der Waals surface area contributed by atoms with Crippen LogP contribution in [0.3, 0.4) is 0 Å². The van der Waals surface area contributed by atoms with Crippen LogP contribution in [0.2, 0.25) is 0 Å². The van der Waals surface area contributed by atoms with Gasteiger partial charge in [0.05, 0.1) is 30.4 Å². The van der Waals surface area contributed by atoms with Crippen LogP contribution in [-0.2, 0) is 0 Å². The second kappa shape index (κ2) is 7.85. The van der Waals surface area contributed by atoms with E-state index in [0.29, 0.717) is 22.7 Å². The van der Waals surface area contributed by atoms with Crippen molar-refractivity contribution >= 4 is 28.4 Å². The van der Waals surface area contributed by atoms with E-state index in [4.69, 9.17) is 0 Å². The zero-order chi connectivity index (χ0) is 23.1. The Balaban J connectivity index is 1.64. The number of H-pyrrole nitrogens is 1. The number of aromatic amines is 1. The molecule has 0 aliphatic carbocycles. The number of amides is 1. The van der Waals surface area contributed by atoms with Crippen molar-refractivity contribution in [3.05, 3.63) is 42.5 Å². The highest BCUT2D eigenvalue weighted by Gasteiger charge is 2.20. The van der Waals surface area contributed by atoms with Gasteiger partial charge in [0.15, 0.2) is 0 Å². The van der Waals surface area contributed by atoms with Crippen LogP contribution < -0.4 is 10.6 Å². The Morgan fingerprint density at radius 1 is 1.16 bits per heavy atom. The highest BCUT2D eigenvalue weighted by Crippen LogP contribution is 2.29. The molecule has 0 aromatic carbocycles. The molecule has 0 atom stereocenters. The molecule has 4 aromatic heterocycles. The van der Waals surface area contributed by atoms with Gasteiger partial charge >= 0.3 is 0 Å². The van der Waals surface area contributed by atoms with Gasteiger partial charge in [-0.25, -0.2) is 18.3 Å². The average molecular weight is 441 g/mol. The molecule has 4 aromatic rings. The van der Waals surface area contributed by atoms with Crippen LogP contribution >= 0.6 is 0 Å². The monoisotopic (exact) mass is 441 g/mol. The summed E-state index contributed by atoms with van der Waals surface area (Å²) in [5.74, 6) is -0.0609. The highest BCUT2D eigenvalue weighted by molar-refractivity contribution is 6.02. The Labute approximate surface area is 183 Å². The van der Waals surface area contributed by atoms with E-state index in [-0.39, 0.29) is 13.1 Å². The number of carbonyl (C=O) groups excluding carboxylic acids is 1. The number of halogens is 2. The number of carbonyl (C=O) groups is 1. The van der Waals surface area contributed by atoms with Crippen molar-refractivity contribution in [3.8, 4) is 11.1 Å². The summed E-state index contributed by atoms with van der Waals surface area (Å²) >= 11 is 0. The molecule has 0 unspecified atom stereocenters. The Bertz CT molecular complexity index is 1280. The fourth-order valence-electron chi connectivity index (χ4n) is 3.23. The Kier molecular flexibility index (Phi) is 5.31. The van der Waals surface area contributed by atoms with Crippen LogP contribution in [-0.4, -0.2) is 54.9 Å². The smallest absolute Gasteiger partial charge is 0.255 e. The highest BCUT2D eigenvalue weighted by atomic mass is 19.1. The quantitative estimate of drug-likeness (QED) is 0.404. The van der Waals surface area contributed by atoms with Gasteiger partial charge in [-0.05, 0) is 45.4 Å². The maximum atomic E-state index is 13.8. The van der Waals surface area contributed by atoms with Gasteiger partial charge in [-0.15, -0.1) is 0 Å². The molecule has 1 amide bonds. The molecule has 4 rings (SSSR count). The lowest BCUT2D eigenvalue weighted by atomic mass is 10.1. The fourth-order valence-corrected chi connectivity index (χ4v) is 3.23. The van der Waals surface area contributed by atoms with E-state index in [1.165, 1.54) is 33.9 Å². The summed E-state index contributed by atoms with van der Waals surface area (Å²) in [6.45, 7) is 5.75. The van der Waals surface area contributed by atoms with Crippen molar-refractivity contribution in [1.82, 2.24) is 29.9 Å². The molecule has 168 valence electrons. The average Bonchev–Trinajstić information content (AvgIpc) is 3.32. The van der Waals surface area contributed by atoms with E-state index >= 15 is 0 Å². The predicted octanol–water partition coefficient (Wildman–Crippen LogP) is 3.91. The minimum atomic E-state index is -1.51. The second-order valence-corrected chi connectivity index (χ2v) is 8.94. The number of pyridine rings is 1. The number of aromatic nitrogens is 5. The zero-order valence-corrected chi connectivity index (χ0v) is 18.3. The van der Waals surface area contributed by atoms with E-state index < -0.39 is 17.2 Å². The second-order valence-electron chi connectivity index (χ2n) is 8.94. The van der Waals surface area contributed by atoms with Crippen LogP contribution in [0.4, 0.5) is 14.7 Å². The Morgan fingerprint density at radius 3 is 2.62 bits per heavy atom. The van der Waals surface area contributed by atoms with Crippen LogP contribution in [0, 0.1) is 0 Å². The van der Waals surface area contributed by atoms with Gasteiger partial charge in [-0.2, -0.15) is 10.1 Å². The van der Waals surface area contributed by atoms with E-state index in [1.807, 2.05) is 12.1 Å². The zero-order valence-electron chi connectivity index (χ0n) is 18.3. The maximum Gasteiger partial charge on any atom is 0.255 e. The van der Waals surface area contributed by atoms with E-state index in [2.05, 4.69) is 30.7 Å². The standard InChI is InChI=1S/C22H25F2N7O/c1-21(2,23)11-27-19(32)16-10-29-31-6-5-13(7-17(16)31)14-8-25-18-15(14)9-26-20(30-18)28-12-22(3,4)24/h5-10H,11-12H2,1-4H3,(H,27,32)(H2,25,26,28,30). The first-order valence-corrected chi connectivity index (χ1v) is 10.2. The first kappa shape index (κ1) is 21.7. The number of anilines is 1. The van der Waals surface area contributed by atoms with Crippen LogP contribution in [0.25, 0.3) is 27.7 Å². The lowest BCUT2D eigenvalue weighted by Gasteiger charge is -2.14. The molecular formula is C22H25F2N7O. The molecule has 0 bridgehead atoms. The third-order valence-corrected chi connectivity index (χ3v) is 4.85. The number of fused-ring (bicyclic) bond motifs is 2. The molecule has 3 N–H and O–H groups in total. The molecule has 0 saturated carbocycles. The summed E-state index contributed by atoms with van der Waals surface area (Å²) < 4.78 is 29.1. The lowest BCUT2D eigenvalue weighted by Crippen LogP contribution is -2.35. The largest absolute Gasteiger partial charge is 0.351 e. The van der Waals surface area contributed by atoms with Gasteiger partial charge in [0.2, 0.25) is 5.95 Å². The number of nitrogens with zero attached hydrogens (tertiary/aromatic N) is 4. The third kappa shape index (κ3) is 4.68. The molecule has 4 heterocycles. The molecular weight excluding hydrogens is 416 g/mol. The van der Waals surface area contributed by atoms with E-state index in [9.17, 15) is 13.6 Å². The first-order chi connectivity index (χ1) is 15.0. The number of alkyl halides is 2. The molecule has 0 aliphatic rings. The Hall–Kier alpha value is -3.56. The van der Waals surface area contributed by atoms with Crippen LogP contribution in [0.5, 0.6) is 0 Å². The molecule has 0 radical (unpaired) electrons. The van der Waals surface area contributed by atoms with Gasteiger partial charge in [-0.3, -0.25) is 4.79 Å². The summed E-state index contributed by atoms with van der Waals surface area (Å²) in [5.41, 5.74) is 0.329. The van der Waals surface area contributed by atoms with Crippen molar-refractivity contribution in [3.63, 3.8) is 0 Å². The third-order valence-electron chi connectivity index (χ3n) is 4.85. The molecule has 0 fully saturated rings. The van der Waals surface area contributed by atoms with Gasteiger partial charge in [-0.1, -0.05) is 0 Å². The van der Waals surface area contributed by atoms with Crippen LogP contribution in [0.1, 0.15) is 38.1 Å². The lowest BCUT2D eigenvalue weighted by molar-refractivity contribution is 0.0922. The summed E-state index contributed by atoms with van der Waals surface area (Å²) in [4.78, 5) is 24.4. The molecule has 10 heteroatoms. The van der Waals surface area contributed by atoms with Gasteiger partial charge in [0, 0.05) is 29.5 Å². The maximum absolute atomic E-state index is 13.8. The van der Waals surface area contributed by atoms with Gasteiger partial charge in [0.25, 0.3) is 5.91 Å². The normalized spacial score (nSPS) is 12.4. The molecule has 0 saturated heterocycles. The molecule has 0 aliphatic heterocycles.